The lowest BCUT2D eigenvalue weighted by molar-refractivity contribution is -0.149. The Kier molecular flexibility index (Phi) is 7.55. The van der Waals surface area contributed by atoms with Crippen molar-refractivity contribution >= 4 is 23.5 Å². The first-order chi connectivity index (χ1) is 16.9. The first kappa shape index (κ1) is 24.1. The third-order valence-corrected chi connectivity index (χ3v) is 6.18. The van der Waals surface area contributed by atoms with Crippen LogP contribution in [0.4, 0.5) is 5.69 Å². The van der Waals surface area contributed by atoms with Gasteiger partial charge in [-0.2, -0.15) is 0 Å². The molecule has 0 atom stereocenters. The molecule has 0 radical (unpaired) electrons. The van der Waals surface area contributed by atoms with E-state index in [2.05, 4.69) is 10.3 Å². The zero-order valence-corrected chi connectivity index (χ0v) is 20.0. The minimum Gasteiger partial charge on any atom is -0.466 e. The van der Waals surface area contributed by atoms with E-state index in [0.29, 0.717) is 49.4 Å². The molecule has 4 rings (SSSR count). The number of nitrogens with one attached hydrogen (secondary N) is 1. The highest BCUT2D eigenvalue weighted by atomic mass is 16.5. The lowest BCUT2D eigenvalue weighted by Crippen LogP contribution is -2.40. The van der Waals surface area contributed by atoms with Crippen molar-refractivity contribution < 1.29 is 19.1 Å². The second-order valence-electron chi connectivity index (χ2n) is 8.68. The van der Waals surface area contributed by atoms with E-state index in [0.717, 1.165) is 11.1 Å². The predicted octanol–water partition coefficient (Wildman–Crippen LogP) is 4.72. The van der Waals surface area contributed by atoms with Crippen molar-refractivity contribution in [3.05, 3.63) is 83.7 Å². The molecule has 7 nitrogen and oxygen atoms in total. The van der Waals surface area contributed by atoms with Gasteiger partial charge in [-0.1, -0.05) is 29.8 Å². The van der Waals surface area contributed by atoms with Crippen LogP contribution in [0.5, 0.6) is 0 Å². The Morgan fingerprint density at radius 3 is 2.29 bits per heavy atom. The summed E-state index contributed by atoms with van der Waals surface area (Å²) in [5.41, 5.74) is 4.61. The standard InChI is InChI=1S/C28H29N3O4/c1-3-35-28(34)22-12-14-31(15-13-22)27(33)21-8-10-25(11-9-21)30-26(32)24-16-23(17-29-18-24)20-6-4-19(2)5-7-20/h4-11,16-18,22H,3,12-15H2,1-2H3,(H,30,32). The highest BCUT2D eigenvalue weighted by Crippen LogP contribution is 2.22. The number of hydrogen-bond acceptors (Lipinski definition) is 5. The van der Waals surface area contributed by atoms with Gasteiger partial charge >= 0.3 is 5.97 Å². The fourth-order valence-electron chi connectivity index (χ4n) is 4.13. The molecule has 1 fully saturated rings. The number of amides is 2. The molecule has 1 aromatic heterocycles. The second-order valence-corrected chi connectivity index (χ2v) is 8.68. The second kappa shape index (κ2) is 11.0. The van der Waals surface area contributed by atoms with Crippen LogP contribution in [-0.4, -0.2) is 47.4 Å². The number of aromatic nitrogens is 1. The smallest absolute Gasteiger partial charge is 0.309 e. The summed E-state index contributed by atoms with van der Waals surface area (Å²) in [6.07, 6.45) is 4.48. The van der Waals surface area contributed by atoms with E-state index in [-0.39, 0.29) is 23.7 Å². The van der Waals surface area contributed by atoms with Crippen LogP contribution in [0.15, 0.2) is 67.0 Å². The molecule has 2 heterocycles. The number of likely N-dealkylation sites (tertiary alicyclic amines) is 1. The van der Waals surface area contributed by atoms with Gasteiger partial charge in [-0.3, -0.25) is 19.4 Å². The van der Waals surface area contributed by atoms with E-state index < -0.39 is 0 Å². The van der Waals surface area contributed by atoms with Gasteiger partial charge in [0.25, 0.3) is 11.8 Å². The van der Waals surface area contributed by atoms with E-state index >= 15 is 0 Å². The minimum atomic E-state index is -0.272. The fourth-order valence-corrected chi connectivity index (χ4v) is 4.13. The highest BCUT2D eigenvalue weighted by Gasteiger charge is 2.28. The third-order valence-electron chi connectivity index (χ3n) is 6.18. The van der Waals surface area contributed by atoms with Crippen LogP contribution >= 0.6 is 0 Å². The Morgan fingerprint density at radius 1 is 0.943 bits per heavy atom. The topological polar surface area (TPSA) is 88.6 Å². The number of benzene rings is 2. The van der Waals surface area contributed by atoms with Gasteiger partial charge in [0, 0.05) is 42.3 Å². The molecule has 3 aromatic rings. The average molecular weight is 472 g/mol. The van der Waals surface area contributed by atoms with Crippen LogP contribution in [-0.2, 0) is 9.53 Å². The molecule has 0 spiro atoms. The lowest BCUT2D eigenvalue weighted by Gasteiger charge is -2.31. The number of esters is 1. The maximum atomic E-state index is 12.9. The number of anilines is 1. The summed E-state index contributed by atoms with van der Waals surface area (Å²) >= 11 is 0. The Bertz CT molecular complexity index is 1200. The van der Waals surface area contributed by atoms with Crippen LogP contribution in [0.3, 0.4) is 0 Å². The molecule has 0 aliphatic carbocycles. The van der Waals surface area contributed by atoms with Gasteiger partial charge in [-0.25, -0.2) is 0 Å². The molecule has 1 saturated heterocycles. The maximum Gasteiger partial charge on any atom is 0.309 e. The molecule has 1 aliphatic rings. The van der Waals surface area contributed by atoms with Crippen molar-refractivity contribution in [1.29, 1.82) is 0 Å². The number of carbonyl (C=O) groups excluding carboxylic acids is 3. The van der Waals surface area contributed by atoms with Gasteiger partial charge in [0.2, 0.25) is 0 Å². The maximum absolute atomic E-state index is 12.9. The largest absolute Gasteiger partial charge is 0.466 e. The average Bonchev–Trinajstić information content (AvgIpc) is 2.89. The fraction of sp³-hybridized carbons (Fsp3) is 0.286. The number of aryl methyl sites for hydroxylation is 1. The summed E-state index contributed by atoms with van der Waals surface area (Å²) in [5.74, 6) is -0.679. The van der Waals surface area contributed by atoms with Crippen molar-refractivity contribution in [2.24, 2.45) is 5.92 Å². The van der Waals surface area contributed by atoms with Gasteiger partial charge in [0.15, 0.2) is 0 Å². The quantitative estimate of drug-likeness (QED) is 0.526. The number of ether oxygens (including phenoxy) is 1. The van der Waals surface area contributed by atoms with Crippen LogP contribution in [0.2, 0.25) is 0 Å². The summed E-state index contributed by atoms with van der Waals surface area (Å²) in [5, 5.41) is 2.87. The molecule has 0 unspecified atom stereocenters. The van der Waals surface area contributed by atoms with Crippen molar-refractivity contribution in [2.45, 2.75) is 26.7 Å². The van der Waals surface area contributed by atoms with Crippen LogP contribution < -0.4 is 5.32 Å². The molecular formula is C28H29N3O4. The highest BCUT2D eigenvalue weighted by molar-refractivity contribution is 6.05. The molecule has 2 amide bonds. The molecule has 0 bridgehead atoms. The zero-order chi connectivity index (χ0) is 24.8. The molecule has 35 heavy (non-hydrogen) atoms. The van der Waals surface area contributed by atoms with E-state index in [4.69, 9.17) is 4.74 Å². The molecule has 1 N–H and O–H groups in total. The summed E-state index contributed by atoms with van der Waals surface area (Å²) < 4.78 is 5.09. The van der Waals surface area contributed by atoms with E-state index in [1.807, 2.05) is 37.3 Å². The van der Waals surface area contributed by atoms with Gasteiger partial charge < -0.3 is 15.0 Å². The molecule has 7 heteroatoms. The monoisotopic (exact) mass is 471 g/mol. The van der Waals surface area contributed by atoms with Gasteiger partial charge in [0.05, 0.1) is 18.1 Å². The van der Waals surface area contributed by atoms with E-state index in [9.17, 15) is 14.4 Å². The Morgan fingerprint density at radius 2 is 1.63 bits per heavy atom. The number of nitrogens with zero attached hydrogens (tertiary/aromatic N) is 2. The molecule has 2 aromatic carbocycles. The third kappa shape index (κ3) is 5.93. The van der Waals surface area contributed by atoms with Gasteiger partial charge in [-0.05, 0) is 62.6 Å². The molecule has 0 saturated carbocycles. The summed E-state index contributed by atoms with van der Waals surface area (Å²) in [4.78, 5) is 43.5. The summed E-state index contributed by atoms with van der Waals surface area (Å²) in [7, 11) is 0. The van der Waals surface area contributed by atoms with Crippen LogP contribution in [0.1, 0.15) is 46.0 Å². The number of hydrogen-bond donors (Lipinski definition) is 1. The Hall–Kier alpha value is -4.00. The number of rotatable bonds is 6. The number of pyridine rings is 1. The number of carbonyl (C=O) groups is 3. The molecule has 180 valence electrons. The summed E-state index contributed by atoms with van der Waals surface area (Å²) in [6.45, 7) is 5.23. The molecule has 1 aliphatic heterocycles. The van der Waals surface area contributed by atoms with Crippen molar-refractivity contribution in [3.63, 3.8) is 0 Å². The minimum absolute atomic E-state index is 0.0832. The SMILES string of the molecule is CCOC(=O)C1CCN(C(=O)c2ccc(NC(=O)c3cncc(-c4ccc(C)cc4)c3)cc2)CC1. The lowest BCUT2D eigenvalue weighted by atomic mass is 9.96. The van der Waals surface area contributed by atoms with E-state index in [1.54, 1.807) is 42.3 Å². The van der Waals surface area contributed by atoms with Gasteiger partial charge in [0.1, 0.15) is 0 Å². The molecular weight excluding hydrogens is 442 g/mol. The first-order valence-electron chi connectivity index (χ1n) is 11.8. The van der Waals surface area contributed by atoms with E-state index in [1.165, 1.54) is 11.8 Å². The van der Waals surface area contributed by atoms with Crippen LogP contribution in [0, 0.1) is 12.8 Å². The van der Waals surface area contributed by atoms with Gasteiger partial charge in [-0.15, -0.1) is 0 Å². The first-order valence-corrected chi connectivity index (χ1v) is 11.8. The Balaban J connectivity index is 1.36. The zero-order valence-electron chi connectivity index (χ0n) is 20.0. The summed E-state index contributed by atoms with van der Waals surface area (Å²) in [6, 6.07) is 16.7. The van der Waals surface area contributed by atoms with Crippen molar-refractivity contribution in [3.8, 4) is 11.1 Å². The van der Waals surface area contributed by atoms with Crippen molar-refractivity contribution in [2.75, 3.05) is 25.0 Å². The van der Waals surface area contributed by atoms with Crippen LogP contribution in [0.25, 0.3) is 11.1 Å². The van der Waals surface area contributed by atoms with Crippen molar-refractivity contribution in [1.82, 2.24) is 9.88 Å². The predicted molar refractivity (Wildman–Crippen MR) is 134 cm³/mol. The number of piperidine rings is 1. The Labute approximate surface area is 205 Å². The normalized spacial score (nSPS) is 13.8.